The Morgan fingerprint density at radius 1 is 0.298 bits per heavy atom. The van der Waals surface area contributed by atoms with Crippen LogP contribution in [0.1, 0.15) is 427 Å². The molecule has 0 aliphatic rings. The van der Waals surface area contributed by atoms with Gasteiger partial charge in [-0.3, -0.25) is 37.3 Å². The van der Waals surface area contributed by atoms with E-state index in [1.807, 2.05) is 0 Å². The minimum absolute atomic E-state index is 0.0854. The van der Waals surface area contributed by atoms with Crippen LogP contribution < -0.4 is 0 Å². The van der Waals surface area contributed by atoms with Crippen molar-refractivity contribution in [2.75, 3.05) is 39.6 Å². The van der Waals surface area contributed by atoms with E-state index in [4.69, 9.17) is 37.0 Å². The molecule has 104 heavy (non-hydrogen) atoms. The first-order valence-corrected chi connectivity index (χ1v) is 46.3. The summed E-state index contributed by atoms with van der Waals surface area (Å²) in [6.45, 7) is 9.65. The van der Waals surface area contributed by atoms with Crippen molar-refractivity contribution in [2.24, 2.45) is 11.8 Å². The number of aliphatic hydroxyl groups excluding tert-OH is 1. The van der Waals surface area contributed by atoms with E-state index in [9.17, 15) is 43.2 Å². The van der Waals surface area contributed by atoms with Crippen molar-refractivity contribution >= 4 is 39.5 Å². The summed E-state index contributed by atoms with van der Waals surface area (Å²) in [4.78, 5) is 73.1. The molecule has 0 fully saturated rings. The number of ether oxygens (including phenoxy) is 4. The van der Waals surface area contributed by atoms with Crippen LogP contribution in [0.2, 0.25) is 0 Å². The van der Waals surface area contributed by atoms with E-state index in [-0.39, 0.29) is 25.7 Å². The van der Waals surface area contributed by atoms with Crippen LogP contribution in [0.4, 0.5) is 0 Å². The number of unbranched alkanes of at least 4 members (excludes halogenated alkanes) is 49. The maximum Gasteiger partial charge on any atom is 0.472 e. The van der Waals surface area contributed by atoms with Crippen LogP contribution >= 0.6 is 15.6 Å². The molecule has 0 heterocycles. The number of hydrogen-bond donors (Lipinski definition) is 3. The Bertz CT molecular complexity index is 2090. The SMILES string of the molecule is CCCCCC/C=C\C=C/CCCCCCCC(=O)O[C@H](COC(=O)CCCCCCCCCCCC)COP(=O)(O)OC[C@H](O)COP(=O)(O)OC[C@@H](COC(=O)CCCCCCCCCCCCCCCCCC(C)C)OC(=O)CCCCCCCCCCCCCCCCCCCCC(C)C. The predicted molar refractivity (Wildman–Crippen MR) is 427 cm³/mol. The van der Waals surface area contributed by atoms with Gasteiger partial charge in [-0.2, -0.15) is 0 Å². The third kappa shape index (κ3) is 77.7. The first-order valence-electron chi connectivity index (χ1n) is 43.3. The largest absolute Gasteiger partial charge is 0.472 e. The van der Waals surface area contributed by atoms with Gasteiger partial charge in [0.2, 0.25) is 0 Å². The molecule has 0 aromatic rings. The molecule has 19 heteroatoms. The molecule has 614 valence electrons. The predicted octanol–water partition coefficient (Wildman–Crippen LogP) is 25.4. The van der Waals surface area contributed by atoms with Crippen molar-refractivity contribution in [3.8, 4) is 0 Å². The van der Waals surface area contributed by atoms with Gasteiger partial charge in [-0.05, 0) is 63.2 Å². The zero-order valence-electron chi connectivity index (χ0n) is 67.8. The molecule has 3 N–H and O–H groups in total. The number of carbonyl (C=O) groups is 4. The zero-order valence-corrected chi connectivity index (χ0v) is 69.6. The molecule has 0 radical (unpaired) electrons. The minimum Gasteiger partial charge on any atom is -0.462 e. The van der Waals surface area contributed by atoms with E-state index in [0.717, 1.165) is 115 Å². The second-order valence-electron chi connectivity index (χ2n) is 30.8. The van der Waals surface area contributed by atoms with Crippen LogP contribution in [-0.4, -0.2) is 96.7 Å². The van der Waals surface area contributed by atoms with E-state index >= 15 is 0 Å². The van der Waals surface area contributed by atoms with E-state index < -0.39 is 97.5 Å². The van der Waals surface area contributed by atoms with E-state index in [1.54, 1.807) is 0 Å². The first kappa shape index (κ1) is 102. The molecule has 0 saturated heterocycles. The van der Waals surface area contributed by atoms with Crippen molar-refractivity contribution in [3.63, 3.8) is 0 Å². The summed E-state index contributed by atoms with van der Waals surface area (Å²) in [6.07, 6.45) is 70.2. The Balaban J connectivity index is 5.25. The van der Waals surface area contributed by atoms with E-state index in [0.29, 0.717) is 25.7 Å². The van der Waals surface area contributed by atoms with Gasteiger partial charge in [-0.25, -0.2) is 9.13 Å². The highest BCUT2D eigenvalue weighted by Crippen LogP contribution is 2.45. The topological polar surface area (TPSA) is 237 Å². The molecule has 17 nitrogen and oxygen atoms in total. The van der Waals surface area contributed by atoms with E-state index in [1.165, 1.54) is 231 Å². The second kappa shape index (κ2) is 75.9. The molecule has 0 saturated carbocycles. The van der Waals surface area contributed by atoms with Crippen molar-refractivity contribution in [1.29, 1.82) is 0 Å². The van der Waals surface area contributed by atoms with Gasteiger partial charge < -0.3 is 33.8 Å². The summed E-state index contributed by atoms with van der Waals surface area (Å²) < 4.78 is 68.8. The standard InChI is InChI=1S/C85H162O17P2/c1-7-9-11-13-15-17-19-20-26-34-39-45-51-57-63-69-84(89)101-80(73-95-82(87)67-61-55-49-43-18-16-14-12-10-8-2)75-99-103(91,92)97-71-79(86)72-98-104(93,94)100-76-81(74-96-83(88)68-62-56-50-44-38-33-30-25-28-32-37-42-48-54-60-66-78(5)6)102-85(90)70-64-58-52-46-40-35-29-24-22-21-23-27-31-36-41-47-53-59-65-77(3)4/h17,19-20,26,77-81,86H,7-16,18,21-25,27-76H2,1-6H3,(H,91,92)(H,93,94)/b19-17-,26-20-/t79-,80+,81+/m0/s1. The van der Waals surface area contributed by atoms with Gasteiger partial charge in [0.15, 0.2) is 12.2 Å². The number of rotatable bonds is 82. The Morgan fingerprint density at radius 3 is 0.788 bits per heavy atom. The zero-order chi connectivity index (χ0) is 76.4. The van der Waals surface area contributed by atoms with Crippen LogP contribution in [0.15, 0.2) is 24.3 Å². The number of phosphoric ester groups is 2. The molecule has 0 aliphatic heterocycles. The average Bonchev–Trinajstić information content (AvgIpc) is 0.912. The van der Waals surface area contributed by atoms with Crippen molar-refractivity contribution < 1.29 is 80.2 Å². The second-order valence-corrected chi connectivity index (χ2v) is 33.7. The van der Waals surface area contributed by atoms with Crippen LogP contribution in [0.5, 0.6) is 0 Å². The summed E-state index contributed by atoms with van der Waals surface area (Å²) in [6, 6.07) is 0. The Kier molecular flexibility index (Phi) is 74.1. The lowest BCUT2D eigenvalue weighted by atomic mass is 10.0. The summed E-state index contributed by atoms with van der Waals surface area (Å²) >= 11 is 0. The van der Waals surface area contributed by atoms with Gasteiger partial charge in [0, 0.05) is 25.7 Å². The number of esters is 4. The highest BCUT2D eigenvalue weighted by molar-refractivity contribution is 7.47. The number of carbonyl (C=O) groups excluding carboxylic acids is 4. The van der Waals surface area contributed by atoms with Crippen molar-refractivity contribution in [3.05, 3.63) is 24.3 Å². The molecule has 0 bridgehead atoms. The molecular formula is C85H162O17P2. The van der Waals surface area contributed by atoms with Gasteiger partial charge in [-0.15, -0.1) is 0 Å². The molecule has 0 amide bonds. The lowest BCUT2D eigenvalue weighted by Gasteiger charge is -2.21. The average molecular weight is 1520 g/mol. The normalized spacial score (nSPS) is 14.0. The number of aliphatic hydroxyl groups is 1. The first-order chi connectivity index (χ1) is 50.4. The van der Waals surface area contributed by atoms with Crippen molar-refractivity contribution in [2.45, 2.75) is 445 Å². The fraction of sp³-hybridized carbons (Fsp3) is 0.906. The molecular weight excluding hydrogens is 1350 g/mol. The summed E-state index contributed by atoms with van der Waals surface area (Å²) in [5.74, 6) is -0.510. The molecule has 0 rings (SSSR count). The molecule has 0 spiro atoms. The minimum atomic E-state index is -4.97. The molecule has 5 atom stereocenters. The Labute approximate surface area is 637 Å². The lowest BCUT2D eigenvalue weighted by molar-refractivity contribution is -0.161. The van der Waals surface area contributed by atoms with Gasteiger partial charge in [0.1, 0.15) is 19.3 Å². The third-order valence-electron chi connectivity index (χ3n) is 19.3. The fourth-order valence-electron chi connectivity index (χ4n) is 12.7. The monoisotopic (exact) mass is 1520 g/mol. The summed E-state index contributed by atoms with van der Waals surface area (Å²) in [5, 5.41) is 10.7. The van der Waals surface area contributed by atoms with Gasteiger partial charge in [-0.1, -0.05) is 374 Å². The third-order valence-corrected chi connectivity index (χ3v) is 21.2. The maximum absolute atomic E-state index is 13.1. The molecule has 0 aromatic heterocycles. The van der Waals surface area contributed by atoms with Crippen LogP contribution in [-0.2, 0) is 65.4 Å². The summed E-state index contributed by atoms with van der Waals surface area (Å²) in [5.41, 5.74) is 0. The smallest absolute Gasteiger partial charge is 0.462 e. The van der Waals surface area contributed by atoms with Crippen LogP contribution in [0.3, 0.4) is 0 Å². The lowest BCUT2D eigenvalue weighted by Crippen LogP contribution is -2.30. The fourth-order valence-corrected chi connectivity index (χ4v) is 14.3. The van der Waals surface area contributed by atoms with E-state index in [2.05, 4.69) is 65.8 Å². The molecule has 0 aromatic carbocycles. The molecule has 0 aliphatic carbocycles. The Hall–Kier alpha value is -2.46. The van der Waals surface area contributed by atoms with Crippen LogP contribution in [0.25, 0.3) is 0 Å². The summed E-state index contributed by atoms with van der Waals surface area (Å²) in [7, 11) is -9.94. The maximum atomic E-state index is 13.1. The van der Waals surface area contributed by atoms with Gasteiger partial charge in [0.25, 0.3) is 0 Å². The highest BCUT2D eigenvalue weighted by atomic mass is 31.2. The van der Waals surface area contributed by atoms with Gasteiger partial charge in [0.05, 0.1) is 26.4 Å². The number of allylic oxidation sites excluding steroid dienone is 4. The molecule has 2 unspecified atom stereocenters. The number of hydrogen-bond acceptors (Lipinski definition) is 15. The van der Waals surface area contributed by atoms with Gasteiger partial charge >= 0.3 is 39.5 Å². The Morgan fingerprint density at radius 2 is 0.519 bits per heavy atom. The quantitative estimate of drug-likeness (QED) is 0.0169. The van der Waals surface area contributed by atoms with Crippen molar-refractivity contribution in [1.82, 2.24) is 0 Å². The highest BCUT2D eigenvalue weighted by Gasteiger charge is 2.30. The van der Waals surface area contributed by atoms with Crippen LogP contribution in [0, 0.1) is 11.8 Å². The number of phosphoric acid groups is 2.